The molecule has 0 radical (unpaired) electrons. The van der Waals surface area contributed by atoms with E-state index in [0.29, 0.717) is 5.82 Å². The molecule has 0 amide bonds. The number of pyridine rings is 1. The highest BCUT2D eigenvalue weighted by Gasteiger charge is 2.08. The molecule has 0 unspecified atom stereocenters. The summed E-state index contributed by atoms with van der Waals surface area (Å²) in [5.74, 6) is -0.624. The standard InChI is InChI=1S/C13H10N4O2S/c14-9-3-7(13(18)19)5-15-12(9)17-8-1-2-10-11(4-8)20-6-16-10/h1-6H,14H2,(H,15,17)(H,18,19). The lowest BCUT2D eigenvalue weighted by atomic mass is 10.2. The van der Waals surface area contributed by atoms with Crippen molar-refractivity contribution in [1.29, 1.82) is 0 Å². The lowest BCUT2D eigenvalue weighted by molar-refractivity contribution is 0.0696. The Hall–Kier alpha value is -2.67. The number of aromatic nitrogens is 2. The Balaban J connectivity index is 1.92. The number of carboxylic acid groups (broad SMARTS) is 1. The summed E-state index contributed by atoms with van der Waals surface area (Å²) in [7, 11) is 0. The number of carboxylic acids is 1. The van der Waals surface area contributed by atoms with Gasteiger partial charge in [-0.3, -0.25) is 0 Å². The van der Waals surface area contributed by atoms with Crippen LogP contribution in [-0.2, 0) is 0 Å². The second-order valence-electron chi connectivity index (χ2n) is 4.13. The first kappa shape index (κ1) is 12.4. The van der Waals surface area contributed by atoms with Crippen LogP contribution in [0.5, 0.6) is 0 Å². The molecular formula is C13H10N4O2S. The molecule has 20 heavy (non-hydrogen) atoms. The number of benzene rings is 1. The van der Waals surface area contributed by atoms with Gasteiger partial charge in [-0.2, -0.15) is 0 Å². The van der Waals surface area contributed by atoms with Crippen molar-refractivity contribution < 1.29 is 9.90 Å². The zero-order valence-corrected chi connectivity index (χ0v) is 11.0. The van der Waals surface area contributed by atoms with Crippen LogP contribution in [0.3, 0.4) is 0 Å². The SMILES string of the molecule is Nc1cc(C(=O)O)cnc1Nc1ccc2ncsc2c1. The van der Waals surface area contributed by atoms with Gasteiger partial charge in [0.25, 0.3) is 0 Å². The summed E-state index contributed by atoms with van der Waals surface area (Å²) in [6, 6.07) is 7.09. The van der Waals surface area contributed by atoms with Crippen LogP contribution < -0.4 is 11.1 Å². The average Bonchev–Trinajstić information content (AvgIpc) is 2.88. The normalized spacial score (nSPS) is 10.6. The fourth-order valence-electron chi connectivity index (χ4n) is 1.77. The van der Waals surface area contributed by atoms with E-state index in [4.69, 9.17) is 10.8 Å². The van der Waals surface area contributed by atoms with E-state index in [0.717, 1.165) is 15.9 Å². The molecule has 0 fully saturated rings. The Morgan fingerprint density at radius 2 is 2.15 bits per heavy atom. The molecule has 3 rings (SSSR count). The third kappa shape index (κ3) is 2.26. The van der Waals surface area contributed by atoms with Crippen molar-refractivity contribution in [2.45, 2.75) is 0 Å². The summed E-state index contributed by atoms with van der Waals surface area (Å²) < 4.78 is 1.05. The minimum atomic E-state index is -1.05. The van der Waals surface area contributed by atoms with Crippen LogP contribution in [0.1, 0.15) is 10.4 Å². The summed E-state index contributed by atoms with van der Waals surface area (Å²) >= 11 is 1.54. The number of carbonyl (C=O) groups is 1. The number of hydrogen-bond donors (Lipinski definition) is 3. The van der Waals surface area contributed by atoms with E-state index < -0.39 is 5.97 Å². The zero-order chi connectivity index (χ0) is 14.1. The van der Waals surface area contributed by atoms with Crippen LogP contribution in [0, 0.1) is 0 Å². The van der Waals surface area contributed by atoms with Crippen LogP contribution in [0.2, 0.25) is 0 Å². The summed E-state index contributed by atoms with van der Waals surface area (Å²) in [5, 5.41) is 11.9. The van der Waals surface area contributed by atoms with Crippen molar-refractivity contribution in [1.82, 2.24) is 9.97 Å². The van der Waals surface area contributed by atoms with Gasteiger partial charge in [0, 0.05) is 11.9 Å². The van der Waals surface area contributed by atoms with Crippen molar-refractivity contribution in [2.75, 3.05) is 11.1 Å². The number of thiazole rings is 1. The number of nitrogens with zero attached hydrogens (tertiary/aromatic N) is 2. The monoisotopic (exact) mass is 286 g/mol. The molecular weight excluding hydrogens is 276 g/mol. The van der Waals surface area contributed by atoms with Crippen LogP contribution >= 0.6 is 11.3 Å². The van der Waals surface area contributed by atoms with E-state index in [1.165, 1.54) is 12.3 Å². The van der Waals surface area contributed by atoms with E-state index in [1.807, 2.05) is 18.2 Å². The van der Waals surface area contributed by atoms with Crippen molar-refractivity contribution in [3.63, 3.8) is 0 Å². The maximum absolute atomic E-state index is 10.8. The van der Waals surface area contributed by atoms with Crippen molar-refractivity contribution in [2.24, 2.45) is 0 Å². The Kier molecular flexibility index (Phi) is 2.96. The van der Waals surface area contributed by atoms with Crippen LogP contribution in [0.25, 0.3) is 10.2 Å². The minimum Gasteiger partial charge on any atom is -0.478 e. The highest BCUT2D eigenvalue weighted by molar-refractivity contribution is 7.16. The predicted molar refractivity (Wildman–Crippen MR) is 78.5 cm³/mol. The number of hydrogen-bond acceptors (Lipinski definition) is 6. The van der Waals surface area contributed by atoms with Gasteiger partial charge >= 0.3 is 5.97 Å². The summed E-state index contributed by atoms with van der Waals surface area (Å²) in [5.41, 5.74) is 9.69. The van der Waals surface area contributed by atoms with Gasteiger partial charge < -0.3 is 16.2 Å². The van der Waals surface area contributed by atoms with Gasteiger partial charge in [0.1, 0.15) is 0 Å². The number of rotatable bonds is 3. The Labute approximate surface area is 117 Å². The number of nitrogen functional groups attached to an aromatic ring is 1. The summed E-state index contributed by atoms with van der Waals surface area (Å²) in [6.45, 7) is 0. The number of nitrogens with two attached hydrogens (primary N) is 1. The van der Waals surface area contributed by atoms with E-state index in [-0.39, 0.29) is 11.3 Å². The van der Waals surface area contributed by atoms with Crippen molar-refractivity contribution >= 4 is 44.7 Å². The maximum atomic E-state index is 10.8. The van der Waals surface area contributed by atoms with E-state index in [9.17, 15) is 4.79 Å². The first-order valence-electron chi connectivity index (χ1n) is 5.72. The third-order valence-electron chi connectivity index (χ3n) is 2.76. The lowest BCUT2D eigenvalue weighted by Crippen LogP contribution is -2.03. The Bertz CT molecular complexity index is 800. The molecule has 6 nitrogen and oxygen atoms in total. The number of aromatic carboxylic acids is 1. The van der Waals surface area contributed by atoms with Gasteiger partial charge in [-0.25, -0.2) is 14.8 Å². The molecule has 0 spiro atoms. The smallest absolute Gasteiger partial charge is 0.337 e. The molecule has 7 heteroatoms. The first-order chi connectivity index (χ1) is 9.63. The van der Waals surface area contributed by atoms with E-state index in [2.05, 4.69) is 15.3 Å². The predicted octanol–water partition coefficient (Wildman–Crippen LogP) is 2.72. The van der Waals surface area contributed by atoms with Gasteiger partial charge in [-0.05, 0) is 24.3 Å². The average molecular weight is 286 g/mol. The topological polar surface area (TPSA) is 101 Å². The molecule has 0 aliphatic heterocycles. The lowest BCUT2D eigenvalue weighted by Gasteiger charge is -2.08. The third-order valence-corrected chi connectivity index (χ3v) is 3.55. The van der Waals surface area contributed by atoms with Gasteiger partial charge in [-0.15, -0.1) is 11.3 Å². The largest absolute Gasteiger partial charge is 0.478 e. The van der Waals surface area contributed by atoms with Gasteiger partial charge in [0.05, 0.1) is 27.0 Å². The molecule has 0 aliphatic carbocycles. The molecule has 2 aromatic heterocycles. The van der Waals surface area contributed by atoms with Crippen LogP contribution in [0.4, 0.5) is 17.2 Å². The highest BCUT2D eigenvalue weighted by atomic mass is 32.1. The second kappa shape index (κ2) is 4.78. The fourth-order valence-corrected chi connectivity index (χ4v) is 2.49. The van der Waals surface area contributed by atoms with E-state index >= 15 is 0 Å². The number of fused-ring (bicyclic) bond motifs is 1. The molecule has 2 heterocycles. The molecule has 1 aromatic carbocycles. The molecule has 0 saturated carbocycles. The Morgan fingerprint density at radius 3 is 2.90 bits per heavy atom. The van der Waals surface area contributed by atoms with Crippen LogP contribution in [0.15, 0.2) is 36.0 Å². The number of anilines is 3. The summed E-state index contributed by atoms with van der Waals surface area (Å²) in [6.07, 6.45) is 1.27. The highest BCUT2D eigenvalue weighted by Crippen LogP contribution is 2.26. The molecule has 0 bridgehead atoms. The quantitative estimate of drug-likeness (QED) is 0.684. The van der Waals surface area contributed by atoms with Gasteiger partial charge in [0.2, 0.25) is 0 Å². The minimum absolute atomic E-state index is 0.0611. The molecule has 0 aliphatic rings. The molecule has 3 aromatic rings. The van der Waals surface area contributed by atoms with Crippen molar-refractivity contribution in [3.05, 3.63) is 41.5 Å². The second-order valence-corrected chi connectivity index (χ2v) is 5.01. The maximum Gasteiger partial charge on any atom is 0.337 e. The van der Waals surface area contributed by atoms with Crippen molar-refractivity contribution in [3.8, 4) is 0 Å². The number of nitrogens with one attached hydrogen (secondary N) is 1. The van der Waals surface area contributed by atoms with Crippen LogP contribution in [-0.4, -0.2) is 21.0 Å². The summed E-state index contributed by atoms with van der Waals surface area (Å²) in [4.78, 5) is 19.1. The van der Waals surface area contributed by atoms with Gasteiger partial charge in [-0.1, -0.05) is 0 Å². The molecule has 0 atom stereocenters. The van der Waals surface area contributed by atoms with E-state index in [1.54, 1.807) is 16.8 Å². The van der Waals surface area contributed by atoms with Gasteiger partial charge in [0.15, 0.2) is 5.82 Å². The molecule has 4 N–H and O–H groups in total. The fraction of sp³-hybridized carbons (Fsp3) is 0. The molecule has 0 saturated heterocycles. The first-order valence-corrected chi connectivity index (χ1v) is 6.60. The Morgan fingerprint density at radius 1 is 1.30 bits per heavy atom. The molecule has 100 valence electrons. The zero-order valence-electron chi connectivity index (χ0n) is 10.2.